The van der Waals surface area contributed by atoms with E-state index in [2.05, 4.69) is 15.0 Å². The van der Waals surface area contributed by atoms with E-state index in [1.807, 2.05) is 24.3 Å². The molecule has 0 saturated carbocycles. The van der Waals surface area contributed by atoms with Gasteiger partial charge in [0.2, 0.25) is 0 Å². The summed E-state index contributed by atoms with van der Waals surface area (Å²) >= 11 is 0. The number of benzene rings is 2. The van der Waals surface area contributed by atoms with Crippen molar-refractivity contribution in [1.29, 1.82) is 0 Å². The number of oxazole rings is 1. The fraction of sp³-hybridized carbons (Fsp3) is 0.263. The molecular weight excluding hydrogens is 375 g/mol. The molecule has 0 radical (unpaired) electrons. The second-order valence-electron chi connectivity index (χ2n) is 6.45. The van der Waals surface area contributed by atoms with Crippen LogP contribution in [0, 0.1) is 0 Å². The maximum Gasteiger partial charge on any atom is 0.573 e. The number of halogens is 3. The Morgan fingerprint density at radius 1 is 1.18 bits per heavy atom. The lowest BCUT2D eigenvalue weighted by Crippen LogP contribution is -2.32. The molecule has 1 fully saturated rings. The Kier molecular flexibility index (Phi) is 4.58. The smallest absolute Gasteiger partial charge is 0.440 e. The Morgan fingerprint density at radius 2 is 1.93 bits per heavy atom. The molecule has 1 aromatic heterocycles. The third kappa shape index (κ3) is 4.03. The highest BCUT2D eigenvalue weighted by atomic mass is 19.4. The van der Waals surface area contributed by atoms with Gasteiger partial charge in [-0.1, -0.05) is 12.1 Å². The number of urea groups is 1. The van der Waals surface area contributed by atoms with Crippen LogP contribution in [0.3, 0.4) is 0 Å². The molecule has 0 spiro atoms. The van der Waals surface area contributed by atoms with Crippen LogP contribution >= 0.6 is 0 Å². The van der Waals surface area contributed by atoms with Crippen molar-refractivity contribution in [1.82, 2.24) is 9.88 Å². The average molecular weight is 391 g/mol. The number of carbonyl (C=O) groups excluding carboxylic acids is 1. The first-order valence-electron chi connectivity index (χ1n) is 8.64. The van der Waals surface area contributed by atoms with E-state index in [0.29, 0.717) is 30.3 Å². The van der Waals surface area contributed by atoms with Crippen LogP contribution in [0.4, 0.5) is 23.7 Å². The molecule has 0 aliphatic carbocycles. The van der Waals surface area contributed by atoms with Crippen molar-refractivity contribution < 1.29 is 27.1 Å². The van der Waals surface area contributed by atoms with E-state index < -0.39 is 6.36 Å². The minimum Gasteiger partial charge on any atom is -0.440 e. The zero-order valence-electron chi connectivity index (χ0n) is 14.6. The molecule has 1 N–H and O–H groups in total. The van der Waals surface area contributed by atoms with Crippen LogP contribution in [-0.4, -0.2) is 35.4 Å². The molecule has 2 amide bonds. The molecule has 0 bridgehead atoms. The lowest BCUT2D eigenvalue weighted by molar-refractivity contribution is -0.274. The maximum absolute atomic E-state index is 12.4. The van der Waals surface area contributed by atoms with Gasteiger partial charge in [-0.15, -0.1) is 13.2 Å². The van der Waals surface area contributed by atoms with E-state index in [4.69, 9.17) is 4.42 Å². The fourth-order valence-corrected chi connectivity index (χ4v) is 3.15. The highest BCUT2D eigenvalue weighted by Gasteiger charge is 2.32. The van der Waals surface area contributed by atoms with Gasteiger partial charge in [0.1, 0.15) is 11.3 Å². The van der Waals surface area contributed by atoms with Gasteiger partial charge in [0.15, 0.2) is 11.5 Å². The first-order valence-corrected chi connectivity index (χ1v) is 8.64. The van der Waals surface area contributed by atoms with Crippen LogP contribution in [0.5, 0.6) is 5.75 Å². The molecule has 2 heterocycles. The Hall–Kier alpha value is -3.23. The number of likely N-dealkylation sites (tertiary alicyclic amines) is 1. The number of ether oxygens (including phenoxy) is 1. The fourth-order valence-electron chi connectivity index (χ4n) is 3.15. The van der Waals surface area contributed by atoms with E-state index in [9.17, 15) is 18.0 Å². The lowest BCUT2D eigenvalue weighted by Gasteiger charge is -2.17. The first kappa shape index (κ1) is 18.1. The summed E-state index contributed by atoms with van der Waals surface area (Å²) in [5.74, 6) is 0.258. The number of amides is 2. The zero-order valence-corrected chi connectivity index (χ0v) is 14.6. The first-order chi connectivity index (χ1) is 13.4. The van der Waals surface area contributed by atoms with Gasteiger partial charge in [0, 0.05) is 18.8 Å². The Morgan fingerprint density at radius 3 is 2.64 bits per heavy atom. The number of rotatable bonds is 3. The minimum atomic E-state index is -4.75. The highest BCUT2D eigenvalue weighted by molar-refractivity contribution is 5.89. The summed E-state index contributed by atoms with van der Waals surface area (Å²) in [4.78, 5) is 18.5. The molecule has 146 valence electrons. The van der Waals surface area contributed by atoms with Crippen molar-refractivity contribution in [2.24, 2.45) is 0 Å². The number of para-hydroxylation sites is 2. The van der Waals surface area contributed by atoms with Crippen molar-refractivity contribution in [3.8, 4) is 5.75 Å². The molecule has 1 aliphatic heterocycles. The standard InChI is InChI=1S/C19H16F3N3O3/c20-19(21,22)28-14-7-5-13(6-8-14)23-18(26)25-10-9-12(11-25)17-24-15-3-1-2-4-16(15)27-17/h1-8,12H,9-11H2,(H,23,26)/t12-/m1/s1. The van der Waals surface area contributed by atoms with Gasteiger partial charge in [-0.2, -0.15) is 0 Å². The van der Waals surface area contributed by atoms with Gasteiger partial charge >= 0.3 is 12.4 Å². The summed E-state index contributed by atoms with van der Waals surface area (Å²) in [5, 5.41) is 2.67. The van der Waals surface area contributed by atoms with Gasteiger partial charge < -0.3 is 19.4 Å². The van der Waals surface area contributed by atoms with E-state index >= 15 is 0 Å². The molecule has 3 aromatic rings. The second kappa shape index (κ2) is 7.06. The van der Waals surface area contributed by atoms with Crippen molar-refractivity contribution in [3.63, 3.8) is 0 Å². The Labute approximate surface area is 157 Å². The van der Waals surface area contributed by atoms with Crippen LogP contribution in [0.15, 0.2) is 52.9 Å². The summed E-state index contributed by atoms with van der Waals surface area (Å²) < 4.78 is 46.2. The maximum atomic E-state index is 12.4. The third-order valence-corrected chi connectivity index (χ3v) is 4.47. The number of hydrogen-bond acceptors (Lipinski definition) is 4. The number of alkyl halides is 3. The molecule has 2 aromatic carbocycles. The number of fused-ring (bicyclic) bond motifs is 1. The Bertz CT molecular complexity index is 952. The molecule has 1 atom stereocenters. The van der Waals surface area contributed by atoms with Crippen molar-refractivity contribution in [2.45, 2.75) is 18.7 Å². The van der Waals surface area contributed by atoms with Crippen LogP contribution in [0.2, 0.25) is 0 Å². The van der Waals surface area contributed by atoms with Crippen LogP contribution < -0.4 is 10.1 Å². The van der Waals surface area contributed by atoms with Gasteiger partial charge in [-0.25, -0.2) is 9.78 Å². The molecule has 9 heteroatoms. The van der Waals surface area contributed by atoms with E-state index in [1.54, 1.807) is 4.90 Å². The summed E-state index contributed by atoms with van der Waals surface area (Å²) in [6, 6.07) is 12.1. The van der Waals surface area contributed by atoms with E-state index in [1.165, 1.54) is 12.1 Å². The van der Waals surface area contributed by atoms with Crippen LogP contribution in [-0.2, 0) is 0 Å². The topological polar surface area (TPSA) is 67.6 Å². The molecule has 6 nitrogen and oxygen atoms in total. The van der Waals surface area contributed by atoms with Gasteiger partial charge in [0.05, 0.1) is 5.92 Å². The van der Waals surface area contributed by atoms with Crippen molar-refractivity contribution in [2.75, 3.05) is 18.4 Å². The van der Waals surface area contributed by atoms with Crippen molar-refractivity contribution in [3.05, 3.63) is 54.4 Å². The van der Waals surface area contributed by atoms with Gasteiger partial charge in [0.25, 0.3) is 0 Å². The summed E-state index contributed by atoms with van der Waals surface area (Å²) in [6.45, 7) is 0.985. The predicted octanol–water partition coefficient (Wildman–Crippen LogP) is 4.75. The minimum absolute atomic E-state index is 0.000659. The normalized spacial score (nSPS) is 17.1. The van der Waals surface area contributed by atoms with Crippen molar-refractivity contribution >= 4 is 22.8 Å². The van der Waals surface area contributed by atoms with E-state index in [0.717, 1.165) is 24.1 Å². The largest absolute Gasteiger partial charge is 0.573 e. The number of anilines is 1. The third-order valence-electron chi connectivity index (χ3n) is 4.47. The SMILES string of the molecule is O=C(Nc1ccc(OC(F)(F)F)cc1)N1CC[C@@H](c2nc3ccccc3o2)C1. The Balaban J connectivity index is 1.37. The average Bonchev–Trinajstić information content (AvgIpc) is 3.29. The zero-order chi connectivity index (χ0) is 19.7. The van der Waals surface area contributed by atoms with E-state index in [-0.39, 0.29) is 17.7 Å². The lowest BCUT2D eigenvalue weighted by atomic mass is 10.1. The second-order valence-corrected chi connectivity index (χ2v) is 6.45. The molecule has 1 saturated heterocycles. The summed E-state index contributed by atoms with van der Waals surface area (Å²) in [7, 11) is 0. The summed E-state index contributed by atoms with van der Waals surface area (Å²) in [6.07, 6.45) is -4.03. The number of nitrogens with one attached hydrogen (secondary N) is 1. The molecular formula is C19H16F3N3O3. The molecule has 0 unspecified atom stereocenters. The number of nitrogens with zero attached hydrogens (tertiary/aromatic N) is 2. The predicted molar refractivity (Wildman–Crippen MR) is 95.1 cm³/mol. The van der Waals surface area contributed by atoms with Crippen LogP contribution in [0.25, 0.3) is 11.1 Å². The number of carbonyl (C=O) groups is 1. The van der Waals surface area contributed by atoms with Crippen LogP contribution in [0.1, 0.15) is 18.2 Å². The number of aromatic nitrogens is 1. The molecule has 28 heavy (non-hydrogen) atoms. The van der Waals surface area contributed by atoms with Gasteiger partial charge in [-0.05, 0) is 42.8 Å². The number of hydrogen-bond donors (Lipinski definition) is 1. The monoisotopic (exact) mass is 391 g/mol. The summed E-state index contributed by atoms with van der Waals surface area (Å²) in [5.41, 5.74) is 1.87. The quantitative estimate of drug-likeness (QED) is 0.700. The van der Waals surface area contributed by atoms with Gasteiger partial charge in [-0.3, -0.25) is 0 Å². The highest BCUT2D eigenvalue weighted by Crippen LogP contribution is 2.30. The molecule has 4 rings (SSSR count). The molecule has 1 aliphatic rings.